The standard InChI is InChI=1S/C24H19N3O3/c1-16-5-3-7-19(13-16)23-25-22(15-18-9-11-20(12-10-18)27(29)30)24(28)26(23)21-8-4-6-17(2)14-21/h3-15H,1-2H3/b22-15+. The van der Waals surface area contributed by atoms with Gasteiger partial charge in [0.2, 0.25) is 0 Å². The Balaban J connectivity index is 1.80. The third-order valence-electron chi connectivity index (χ3n) is 4.80. The molecule has 6 heteroatoms. The summed E-state index contributed by atoms with van der Waals surface area (Å²) in [5, 5.41) is 10.9. The van der Waals surface area contributed by atoms with E-state index in [1.165, 1.54) is 12.1 Å². The van der Waals surface area contributed by atoms with Crippen molar-refractivity contribution in [3.63, 3.8) is 0 Å². The maximum atomic E-state index is 13.3. The Morgan fingerprint density at radius 1 is 0.933 bits per heavy atom. The number of amidine groups is 1. The van der Waals surface area contributed by atoms with Crippen LogP contribution in [-0.2, 0) is 4.79 Å². The van der Waals surface area contributed by atoms with Crippen molar-refractivity contribution in [1.29, 1.82) is 0 Å². The van der Waals surface area contributed by atoms with Gasteiger partial charge in [-0.1, -0.05) is 35.9 Å². The van der Waals surface area contributed by atoms with Gasteiger partial charge in [-0.2, -0.15) is 0 Å². The van der Waals surface area contributed by atoms with Crippen LogP contribution in [0.2, 0.25) is 0 Å². The number of rotatable bonds is 4. The molecule has 6 nitrogen and oxygen atoms in total. The lowest BCUT2D eigenvalue weighted by Gasteiger charge is -2.19. The smallest absolute Gasteiger partial charge is 0.266 e. The molecule has 0 atom stereocenters. The first-order chi connectivity index (χ1) is 14.4. The highest BCUT2D eigenvalue weighted by Crippen LogP contribution is 2.29. The number of nitrogens with zero attached hydrogens (tertiary/aromatic N) is 3. The molecule has 1 aliphatic rings. The molecule has 0 aromatic heterocycles. The van der Waals surface area contributed by atoms with Crippen molar-refractivity contribution in [1.82, 2.24) is 0 Å². The van der Waals surface area contributed by atoms with Crippen molar-refractivity contribution >= 4 is 29.2 Å². The van der Waals surface area contributed by atoms with Crippen LogP contribution in [-0.4, -0.2) is 16.7 Å². The Hall–Kier alpha value is -4.06. The molecule has 0 N–H and O–H groups in total. The van der Waals surface area contributed by atoms with Crippen molar-refractivity contribution in [2.24, 2.45) is 4.99 Å². The van der Waals surface area contributed by atoms with Crippen LogP contribution in [0, 0.1) is 24.0 Å². The topological polar surface area (TPSA) is 75.8 Å². The fourth-order valence-electron chi connectivity index (χ4n) is 3.35. The largest absolute Gasteiger partial charge is 0.282 e. The minimum absolute atomic E-state index is 0.000219. The van der Waals surface area contributed by atoms with Crippen molar-refractivity contribution in [2.75, 3.05) is 4.90 Å². The zero-order chi connectivity index (χ0) is 21.3. The van der Waals surface area contributed by atoms with Gasteiger partial charge in [-0.3, -0.25) is 19.8 Å². The molecule has 0 aliphatic carbocycles. The number of aliphatic imine (C=N–C) groups is 1. The molecule has 0 saturated heterocycles. The Morgan fingerprint density at radius 3 is 2.23 bits per heavy atom. The number of benzene rings is 3. The summed E-state index contributed by atoms with van der Waals surface area (Å²) in [6.07, 6.45) is 1.65. The first kappa shape index (κ1) is 19.3. The molecule has 148 valence electrons. The Bertz CT molecular complexity index is 1210. The maximum absolute atomic E-state index is 13.3. The molecule has 0 saturated carbocycles. The van der Waals surface area contributed by atoms with Crippen LogP contribution in [0.15, 0.2) is 83.5 Å². The lowest BCUT2D eigenvalue weighted by Crippen LogP contribution is -2.32. The lowest BCUT2D eigenvalue weighted by molar-refractivity contribution is -0.384. The third-order valence-corrected chi connectivity index (χ3v) is 4.80. The van der Waals surface area contributed by atoms with Crippen LogP contribution in [0.25, 0.3) is 6.08 Å². The Morgan fingerprint density at radius 2 is 1.60 bits per heavy atom. The van der Waals surface area contributed by atoms with Gasteiger partial charge in [0, 0.05) is 17.7 Å². The molecule has 3 aromatic carbocycles. The summed E-state index contributed by atoms with van der Waals surface area (Å²) in [4.78, 5) is 30.0. The normalized spacial score (nSPS) is 14.9. The molecule has 1 amide bonds. The van der Waals surface area contributed by atoms with E-state index >= 15 is 0 Å². The van der Waals surface area contributed by atoms with Gasteiger partial charge >= 0.3 is 0 Å². The molecular formula is C24H19N3O3. The number of carbonyl (C=O) groups is 1. The van der Waals surface area contributed by atoms with E-state index in [4.69, 9.17) is 0 Å². The van der Waals surface area contributed by atoms with E-state index < -0.39 is 4.92 Å². The van der Waals surface area contributed by atoms with Gasteiger partial charge in [0.05, 0.1) is 10.6 Å². The highest BCUT2D eigenvalue weighted by atomic mass is 16.6. The van der Waals surface area contributed by atoms with Gasteiger partial charge in [0.15, 0.2) is 0 Å². The number of nitro groups is 1. The second-order valence-corrected chi connectivity index (χ2v) is 7.16. The zero-order valence-corrected chi connectivity index (χ0v) is 16.6. The summed E-state index contributed by atoms with van der Waals surface area (Å²) in [6.45, 7) is 3.96. The molecule has 30 heavy (non-hydrogen) atoms. The molecule has 1 aliphatic heterocycles. The van der Waals surface area contributed by atoms with Gasteiger partial charge in [-0.05, 0) is 61.4 Å². The van der Waals surface area contributed by atoms with Crippen molar-refractivity contribution in [3.8, 4) is 0 Å². The first-order valence-corrected chi connectivity index (χ1v) is 9.45. The molecule has 0 bridgehead atoms. The monoisotopic (exact) mass is 397 g/mol. The van der Waals surface area contributed by atoms with Gasteiger partial charge in [0.1, 0.15) is 11.5 Å². The summed E-state index contributed by atoms with van der Waals surface area (Å²) in [7, 11) is 0. The van der Waals surface area contributed by atoms with Crippen LogP contribution in [0.1, 0.15) is 22.3 Å². The van der Waals surface area contributed by atoms with Crippen LogP contribution in [0.5, 0.6) is 0 Å². The number of anilines is 1. The average Bonchev–Trinajstić information content (AvgIpc) is 3.04. The van der Waals surface area contributed by atoms with E-state index in [0.29, 0.717) is 11.4 Å². The van der Waals surface area contributed by atoms with E-state index in [2.05, 4.69) is 4.99 Å². The summed E-state index contributed by atoms with van der Waals surface area (Å²) in [6, 6.07) is 21.6. The van der Waals surface area contributed by atoms with E-state index in [1.54, 1.807) is 23.1 Å². The molecule has 0 radical (unpaired) electrons. The number of hydrogen-bond donors (Lipinski definition) is 0. The zero-order valence-electron chi connectivity index (χ0n) is 16.6. The number of hydrogen-bond acceptors (Lipinski definition) is 4. The fraction of sp³-hybridized carbons (Fsp3) is 0.0833. The molecular weight excluding hydrogens is 378 g/mol. The van der Waals surface area contributed by atoms with Gasteiger partial charge < -0.3 is 0 Å². The predicted octanol–water partition coefficient (Wildman–Crippen LogP) is 5.05. The molecule has 0 fully saturated rings. The summed E-state index contributed by atoms with van der Waals surface area (Å²) in [5.74, 6) is 0.318. The maximum Gasteiger partial charge on any atom is 0.282 e. The number of non-ortho nitro benzene ring substituents is 1. The minimum Gasteiger partial charge on any atom is -0.266 e. The fourth-order valence-corrected chi connectivity index (χ4v) is 3.35. The Kier molecular flexibility index (Phi) is 4.98. The van der Waals surface area contributed by atoms with Crippen molar-refractivity contribution in [3.05, 3.63) is 111 Å². The number of carbonyl (C=O) groups excluding carboxylic acids is 1. The highest BCUT2D eigenvalue weighted by molar-refractivity contribution is 6.33. The Labute approximate surface area is 174 Å². The van der Waals surface area contributed by atoms with Crippen LogP contribution in [0.4, 0.5) is 11.4 Å². The molecule has 4 rings (SSSR count). The molecule has 3 aromatic rings. The minimum atomic E-state index is -0.453. The highest BCUT2D eigenvalue weighted by Gasteiger charge is 2.32. The number of nitro benzene ring substituents is 1. The summed E-state index contributed by atoms with van der Waals surface area (Å²) >= 11 is 0. The van der Waals surface area contributed by atoms with E-state index in [-0.39, 0.29) is 17.3 Å². The lowest BCUT2D eigenvalue weighted by atomic mass is 10.1. The van der Waals surface area contributed by atoms with Gasteiger partial charge in [0.25, 0.3) is 11.6 Å². The molecule has 0 spiro atoms. The van der Waals surface area contributed by atoms with Gasteiger partial charge in [-0.15, -0.1) is 0 Å². The molecule has 1 heterocycles. The van der Waals surface area contributed by atoms with Gasteiger partial charge in [-0.25, -0.2) is 4.99 Å². The molecule has 0 unspecified atom stereocenters. The van der Waals surface area contributed by atoms with Crippen molar-refractivity contribution < 1.29 is 9.72 Å². The van der Waals surface area contributed by atoms with Crippen LogP contribution >= 0.6 is 0 Å². The predicted molar refractivity (Wildman–Crippen MR) is 117 cm³/mol. The SMILES string of the molecule is Cc1cccc(C2=N/C(=C/c3ccc([N+](=O)[O-])cc3)C(=O)N2c2cccc(C)c2)c1. The number of aryl methyl sites for hydroxylation is 2. The second kappa shape index (κ2) is 7.75. The summed E-state index contributed by atoms with van der Waals surface area (Å²) < 4.78 is 0. The second-order valence-electron chi connectivity index (χ2n) is 7.16. The number of amides is 1. The van der Waals surface area contributed by atoms with E-state index in [9.17, 15) is 14.9 Å². The average molecular weight is 397 g/mol. The van der Waals surface area contributed by atoms with E-state index in [1.807, 2.05) is 62.4 Å². The first-order valence-electron chi connectivity index (χ1n) is 9.45. The quantitative estimate of drug-likeness (QED) is 0.351. The summed E-state index contributed by atoms with van der Waals surface area (Å²) in [5.41, 5.74) is 4.64. The van der Waals surface area contributed by atoms with Crippen molar-refractivity contribution in [2.45, 2.75) is 13.8 Å². The van der Waals surface area contributed by atoms with Crippen LogP contribution < -0.4 is 4.90 Å². The third kappa shape index (κ3) is 3.75. The van der Waals surface area contributed by atoms with Crippen LogP contribution in [0.3, 0.4) is 0 Å². The van der Waals surface area contributed by atoms with E-state index in [0.717, 1.165) is 22.4 Å².